The molecule has 4 aromatic rings. The maximum atomic E-state index is 13.2. The van der Waals surface area contributed by atoms with Gasteiger partial charge in [-0.25, -0.2) is 13.1 Å². The van der Waals surface area contributed by atoms with E-state index in [9.17, 15) is 21.6 Å². The van der Waals surface area contributed by atoms with Gasteiger partial charge in [-0.1, -0.05) is 65.3 Å². The minimum absolute atomic E-state index is 0.262. The van der Waals surface area contributed by atoms with Gasteiger partial charge in [0.25, 0.3) is 0 Å². The zero-order valence-electron chi connectivity index (χ0n) is 20.6. The Morgan fingerprint density at radius 1 is 1.03 bits per heavy atom. The lowest BCUT2D eigenvalue weighted by molar-refractivity contribution is -0.137. The Morgan fingerprint density at radius 3 is 2.47 bits per heavy atom. The molecule has 1 heterocycles. The minimum Gasteiger partial charge on any atom is -0.272 e. The van der Waals surface area contributed by atoms with Crippen LogP contribution in [0.1, 0.15) is 41.0 Å². The van der Waals surface area contributed by atoms with Crippen LogP contribution in [0.3, 0.4) is 0 Å². The quantitative estimate of drug-likeness (QED) is 0.230. The number of hydrogen-bond acceptors (Lipinski definition) is 5. The highest BCUT2D eigenvalue weighted by molar-refractivity contribution is 7.98. The van der Waals surface area contributed by atoms with Gasteiger partial charge in [0.15, 0.2) is 11.0 Å². The molecule has 1 unspecified atom stereocenters. The Kier molecular flexibility index (Phi) is 8.22. The van der Waals surface area contributed by atoms with Gasteiger partial charge in [0.2, 0.25) is 10.0 Å². The topological polar surface area (TPSA) is 76.9 Å². The molecular formula is C26H24ClF3N4O2S2. The molecule has 38 heavy (non-hydrogen) atoms. The second kappa shape index (κ2) is 11.1. The second-order valence-corrected chi connectivity index (χ2v) is 11.8. The number of aromatic nitrogens is 3. The highest BCUT2D eigenvalue weighted by atomic mass is 35.5. The fraction of sp³-hybridized carbons (Fsp3) is 0.231. The van der Waals surface area contributed by atoms with Crippen LogP contribution in [0.5, 0.6) is 0 Å². The molecule has 4 rings (SSSR count). The number of sulfonamides is 1. The van der Waals surface area contributed by atoms with E-state index in [1.807, 2.05) is 38.1 Å². The van der Waals surface area contributed by atoms with Crippen LogP contribution < -0.4 is 4.72 Å². The summed E-state index contributed by atoms with van der Waals surface area (Å²) in [5.41, 5.74) is 2.65. The Balaban J connectivity index is 1.70. The lowest BCUT2D eigenvalue weighted by atomic mass is 10.2. The van der Waals surface area contributed by atoms with Crippen LogP contribution >= 0.6 is 23.4 Å². The molecule has 200 valence electrons. The third-order valence-electron chi connectivity index (χ3n) is 5.71. The van der Waals surface area contributed by atoms with Crippen molar-refractivity contribution < 1.29 is 21.6 Å². The first-order valence-corrected chi connectivity index (χ1v) is 14.3. The number of benzene rings is 3. The lowest BCUT2D eigenvalue weighted by Gasteiger charge is -2.18. The van der Waals surface area contributed by atoms with E-state index in [0.29, 0.717) is 27.7 Å². The summed E-state index contributed by atoms with van der Waals surface area (Å²) >= 11 is 7.70. The van der Waals surface area contributed by atoms with Gasteiger partial charge in [-0.05, 0) is 62.2 Å². The van der Waals surface area contributed by atoms with Crippen molar-refractivity contribution in [2.45, 2.75) is 48.8 Å². The Hall–Kier alpha value is -2.86. The van der Waals surface area contributed by atoms with Gasteiger partial charge in [0.1, 0.15) is 0 Å². The van der Waals surface area contributed by atoms with Gasteiger partial charge in [-0.15, -0.1) is 10.2 Å². The fourth-order valence-corrected chi connectivity index (χ4v) is 6.16. The summed E-state index contributed by atoms with van der Waals surface area (Å²) in [6.07, 6.45) is -4.68. The molecule has 0 fully saturated rings. The number of halogens is 4. The molecule has 0 radical (unpaired) electrons. The van der Waals surface area contributed by atoms with Crippen LogP contribution in [0.4, 0.5) is 13.2 Å². The summed E-state index contributed by atoms with van der Waals surface area (Å²) in [7, 11) is -4.32. The minimum atomic E-state index is -4.68. The summed E-state index contributed by atoms with van der Waals surface area (Å²) in [5, 5.41) is 9.57. The van der Waals surface area contributed by atoms with E-state index in [0.717, 1.165) is 34.9 Å². The molecule has 0 bridgehead atoms. The van der Waals surface area contributed by atoms with E-state index >= 15 is 0 Å². The Bertz CT molecular complexity index is 1570. The summed E-state index contributed by atoms with van der Waals surface area (Å²) in [6.45, 7) is 5.44. The van der Waals surface area contributed by atoms with Crippen LogP contribution in [0.2, 0.25) is 5.02 Å². The molecule has 6 nitrogen and oxygen atoms in total. The standard InChI is InChI=1S/C26H24ClF3N4O2S2/c1-16-6-4-7-19(12-16)15-37-25-32-31-24(34(25)23-14-21(27)11-10-17(23)2)18(3)33-38(35,36)22-9-5-8-20(13-22)26(28,29)30/h4-14,18,33H,15H2,1-3H3. The van der Waals surface area contributed by atoms with Crippen molar-refractivity contribution >= 4 is 33.4 Å². The fourth-order valence-electron chi connectivity index (χ4n) is 3.85. The predicted molar refractivity (Wildman–Crippen MR) is 142 cm³/mol. The van der Waals surface area contributed by atoms with Gasteiger partial charge in [0.05, 0.1) is 22.2 Å². The summed E-state index contributed by atoms with van der Waals surface area (Å²) in [5.74, 6) is 0.849. The van der Waals surface area contributed by atoms with E-state index in [1.54, 1.807) is 23.6 Å². The maximum absolute atomic E-state index is 13.2. The molecule has 1 N–H and O–H groups in total. The monoisotopic (exact) mass is 580 g/mol. The zero-order valence-corrected chi connectivity index (χ0v) is 23.0. The molecule has 0 saturated carbocycles. The number of nitrogens with one attached hydrogen (secondary N) is 1. The predicted octanol–water partition coefficient (Wildman–Crippen LogP) is 6.89. The lowest BCUT2D eigenvalue weighted by Crippen LogP contribution is -2.29. The molecule has 0 aliphatic rings. The first kappa shape index (κ1) is 28.2. The molecule has 1 atom stereocenters. The summed E-state index contributed by atoms with van der Waals surface area (Å²) in [4.78, 5) is -0.502. The van der Waals surface area contributed by atoms with Crippen molar-refractivity contribution in [1.29, 1.82) is 0 Å². The van der Waals surface area contributed by atoms with E-state index < -0.39 is 32.7 Å². The van der Waals surface area contributed by atoms with Crippen molar-refractivity contribution in [1.82, 2.24) is 19.5 Å². The number of aryl methyl sites for hydroxylation is 2. The third kappa shape index (κ3) is 6.40. The van der Waals surface area contributed by atoms with E-state index in [4.69, 9.17) is 11.6 Å². The first-order chi connectivity index (χ1) is 17.8. The van der Waals surface area contributed by atoms with Crippen molar-refractivity contribution in [2.24, 2.45) is 0 Å². The molecule has 0 aliphatic carbocycles. The van der Waals surface area contributed by atoms with Gasteiger partial charge in [-0.3, -0.25) is 4.57 Å². The van der Waals surface area contributed by atoms with Gasteiger partial charge in [0, 0.05) is 10.8 Å². The summed E-state index contributed by atoms with van der Waals surface area (Å²) < 4.78 is 69.8. The Morgan fingerprint density at radius 2 is 1.76 bits per heavy atom. The SMILES string of the molecule is Cc1cccc(CSc2nnc(C(C)NS(=O)(=O)c3cccc(C(F)(F)F)c3)n2-c2cc(Cl)ccc2C)c1. The van der Waals surface area contributed by atoms with Crippen LogP contribution in [0.15, 0.2) is 76.8 Å². The molecule has 0 aliphatic heterocycles. The molecule has 3 aromatic carbocycles. The normalized spacial score (nSPS) is 13.0. The highest BCUT2D eigenvalue weighted by Gasteiger charge is 2.32. The van der Waals surface area contributed by atoms with E-state index in [2.05, 4.69) is 21.0 Å². The molecule has 1 aromatic heterocycles. The van der Waals surface area contributed by atoms with Crippen molar-refractivity contribution in [2.75, 3.05) is 0 Å². The second-order valence-electron chi connectivity index (χ2n) is 8.75. The molecule has 0 saturated heterocycles. The smallest absolute Gasteiger partial charge is 0.272 e. The van der Waals surface area contributed by atoms with Crippen LogP contribution in [0.25, 0.3) is 5.69 Å². The molecule has 0 spiro atoms. The number of hydrogen-bond donors (Lipinski definition) is 1. The van der Waals surface area contributed by atoms with Gasteiger partial charge < -0.3 is 0 Å². The van der Waals surface area contributed by atoms with Gasteiger partial charge >= 0.3 is 6.18 Å². The third-order valence-corrected chi connectivity index (χ3v) is 8.49. The average molecular weight is 581 g/mol. The van der Waals surface area contributed by atoms with Crippen molar-refractivity contribution in [3.05, 3.63) is 99.8 Å². The number of alkyl halides is 3. The highest BCUT2D eigenvalue weighted by Crippen LogP contribution is 2.33. The van der Waals surface area contributed by atoms with Crippen molar-refractivity contribution in [3.63, 3.8) is 0 Å². The van der Waals surface area contributed by atoms with Crippen LogP contribution in [-0.2, 0) is 22.0 Å². The Labute approximate surface area is 228 Å². The average Bonchev–Trinajstić information content (AvgIpc) is 3.27. The zero-order chi connectivity index (χ0) is 27.7. The van der Waals surface area contributed by atoms with E-state index in [-0.39, 0.29) is 5.82 Å². The molecule has 0 amide bonds. The largest absolute Gasteiger partial charge is 0.416 e. The first-order valence-electron chi connectivity index (χ1n) is 11.4. The van der Waals surface area contributed by atoms with Crippen LogP contribution in [0, 0.1) is 13.8 Å². The van der Waals surface area contributed by atoms with Gasteiger partial charge in [-0.2, -0.15) is 13.2 Å². The maximum Gasteiger partial charge on any atom is 0.416 e. The van der Waals surface area contributed by atoms with E-state index in [1.165, 1.54) is 11.8 Å². The van der Waals surface area contributed by atoms with Crippen molar-refractivity contribution in [3.8, 4) is 5.69 Å². The molecule has 12 heteroatoms. The summed E-state index contributed by atoms with van der Waals surface area (Å²) in [6, 6.07) is 16.0. The molecular weight excluding hydrogens is 557 g/mol. The number of thioether (sulfide) groups is 1. The number of rotatable bonds is 8. The van der Waals surface area contributed by atoms with Crippen LogP contribution in [-0.4, -0.2) is 23.2 Å². The number of nitrogens with zero attached hydrogens (tertiary/aromatic N) is 3.